The molecule has 13 nitrogen and oxygen atoms in total. The van der Waals surface area contributed by atoms with E-state index in [4.69, 9.17) is 5.11 Å². The van der Waals surface area contributed by atoms with E-state index in [1.807, 2.05) is 0 Å². The molecule has 9 N–H and O–H groups in total. The molecule has 2 amide bonds. The molecule has 6 unspecified atom stereocenters. The average Bonchev–Trinajstić information content (AvgIpc) is 1.02. The molecule has 0 saturated heterocycles. The van der Waals surface area contributed by atoms with Gasteiger partial charge in [0.25, 0.3) is 0 Å². The Morgan fingerprint density at radius 1 is 0.299 bits per heavy atom. The van der Waals surface area contributed by atoms with Gasteiger partial charge in [-0.15, -0.1) is 0 Å². The van der Waals surface area contributed by atoms with Crippen LogP contribution in [0.4, 0.5) is 0 Å². The predicted octanol–water partition coefficient (Wildman–Crippen LogP) is 20.6. The van der Waals surface area contributed by atoms with Crippen LogP contribution in [-0.4, -0.2) is 114 Å². The molecule has 0 aromatic heterocycles. The van der Waals surface area contributed by atoms with Gasteiger partial charge in [-0.3, -0.25) is 19.2 Å². The molecule has 2 aliphatic carbocycles. The number of carbonyl (C=O) groups is 4. The lowest BCUT2D eigenvalue weighted by Gasteiger charge is -2.32. The van der Waals surface area contributed by atoms with E-state index in [-0.39, 0.29) is 56.1 Å². The maximum Gasteiger partial charge on any atom is 0.220 e. The van der Waals surface area contributed by atoms with E-state index in [0.717, 1.165) is 212 Å². The first-order valence-corrected chi connectivity index (χ1v) is 42.1. The Bertz CT molecular complexity index is 1620. The number of aliphatic hydroxyl groups is 7. The fourth-order valence-corrected chi connectivity index (χ4v) is 14.9. The van der Waals surface area contributed by atoms with Crippen LogP contribution in [0.1, 0.15) is 446 Å². The van der Waals surface area contributed by atoms with Crippen molar-refractivity contribution in [3.63, 3.8) is 0 Å². The van der Waals surface area contributed by atoms with Gasteiger partial charge in [0, 0.05) is 57.2 Å². The molecule has 0 aromatic rings. The molecule has 0 heterocycles. The summed E-state index contributed by atoms with van der Waals surface area (Å²) in [6.07, 6.45) is 63.9. The minimum absolute atomic E-state index is 0. The third kappa shape index (κ3) is 59.1. The summed E-state index contributed by atoms with van der Waals surface area (Å²) in [5.41, 5.74) is 0. The molecule has 576 valence electrons. The second kappa shape index (κ2) is 69.7. The molecule has 10 atom stereocenters. The van der Waals surface area contributed by atoms with Crippen molar-refractivity contribution in [2.75, 3.05) is 6.61 Å². The molecule has 2 rings (SSSR count). The Labute approximate surface area is 598 Å². The number of unbranched alkanes of at least 4 members (excludes halogenated alkanes) is 35. The van der Waals surface area contributed by atoms with Crippen molar-refractivity contribution in [1.29, 1.82) is 0 Å². The highest BCUT2D eigenvalue weighted by atomic mass is 16.3. The lowest BCUT2D eigenvalue weighted by molar-refractivity contribution is -0.124. The normalized spacial score (nSPS) is 18.2. The molecule has 2 aliphatic rings. The van der Waals surface area contributed by atoms with Gasteiger partial charge in [0.1, 0.15) is 11.6 Å². The van der Waals surface area contributed by atoms with Crippen LogP contribution in [-0.2, 0) is 19.2 Å². The highest BCUT2D eigenvalue weighted by Gasteiger charge is 2.30. The molecule has 2 saturated carbocycles. The zero-order valence-corrected chi connectivity index (χ0v) is 63.2. The predicted molar refractivity (Wildman–Crippen MR) is 408 cm³/mol. The Kier molecular flexibility index (Phi) is 68.3. The van der Waals surface area contributed by atoms with E-state index >= 15 is 0 Å². The lowest BCUT2D eigenvalue weighted by atomic mass is 9.80. The minimum Gasteiger partial charge on any atom is -0.396 e. The highest BCUT2D eigenvalue weighted by molar-refractivity contribution is 5.80. The molecule has 0 radical (unpaired) electrons. The first-order chi connectivity index (χ1) is 46.7. The maximum absolute atomic E-state index is 12.8. The number of nitrogens with one attached hydrogen (secondary N) is 2. The number of aliphatic hydroxyl groups excluding tert-OH is 7. The molecule has 13 heteroatoms. The zero-order valence-electron chi connectivity index (χ0n) is 63.2. The Morgan fingerprint density at radius 2 is 0.526 bits per heavy atom. The van der Waals surface area contributed by atoms with E-state index in [2.05, 4.69) is 31.4 Å². The molecular formula is C84H164N2O11. The van der Waals surface area contributed by atoms with Crippen molar-refractivity contribution < 1.29 is 54.9 Å². The number of ketones is 2. The van der Waals surface area contributed by atoms with Gasteiger partial charge in [-0.1, -0.05) is 298 Å². The largest absolute Gasteiger partial charge is 0.396 e. The SMILES string of the molecule is C.CCCCCCC(O)CCCCCCCCCCC(=O)C[C@@H]1CCCC[C@@H]1NC(=O)CCCCCCCCCCC(O)CCCCCC.CCCCCCCC(O)C(O)CCCCCCCC(=O)N[C@H]1CCCC[C@H]1CC(=O)CCCCCCCC(O)C(O)CCCCCCO. The summed E-state index contributed by atoms with van der Waals surface area (Å²) in [5.74, 6) is 1.57. The standard InChI is InChI=1S/C43H83NO4.C40H77NO7.CH4/c1-3-5-7-21-30-39(45)32-23-17-13-9-10-15-19-25-34-41(47)37-38-29-27-28-35-42(38)44-43(48)36-26-20-16-12-11-14-18-24-33-40(46)31-22-8-6-4-2;1-2-3-4-7-15-26-36(44)37(45)28-17-10-6-11-19-30-40(48)41-35-25-21-20-23-33(35)32-34(43)24-14-8-5-9-16-27-38(46)39(47)29-18-12-13-22-31-42;/h38-40,42,45-46H,3-37H2,1-2H3,(H,44,48);33,35-39,42,44-47H,2-32H2,1H3,(H,41,48);1H4/t38-,39?,40?,42-;33-,35-,36?,37?,38?,39?;/m00./s1. The maximum atomic E-state index is 12.8. The summed E-state index contributed by atoms with van der Waals surface area (Å²) in [4.78, 5) is 51.0. The smallest absolute Gasteiger partial charge is 0.220 e. The van der Waals surface area contributed by atoms with Crippen molar-refractivity contribution in [3.8, 4) is 0 Å². The van der Waals surface area contributed by atoms with Crippen molar-refractivity contribution in [1.82, 2.24) is 10.6 Å². The van der Waals surface area contributed by atoms with E-state index in [0.29, 0.717) is 81.7 Å². The second-order valence-corrected chi connectivity index (χ2v) is 30.7. The number of carbonyl (C=O) groups excluding carboxylic acids is 4. The van der Waals surface area contributed by atoms with Crippen molar-refractivity contribution >= 4 is 23.4 Å². The minimum atomic E-state index is -0.667. The zero-order chi connectivity index (χ0) is 70.2. The van der Waals surface area contributed by atoms with Crippen LogP contribution in [0.3, 0.4) is 0 Å². The number of rotatable bonds is 68. The van der Waals surface area contributed by atoms with Crippen LogP contribution >= 0.6 is 0 Å². The van der Waals surface area contributed by atoms with Gasteiger partial charge in [-0.2, -0.15) is 0 Å². The number of amides is 2. The highest BCUT2D eigenvalue weighted by Crippen LogP contribution is 2.31. The third-order valence-electron chi connectivity index (χ3n) is 21.5. The first kappa shape index (κ1) is 95.0. The summed E-state index contributed by atoms with van der Waals surface area (Å²) >= 11 is 0. The van der Waals surface area contributed by atoms with Crippen molar-refractivity contribution in [2.24, 2.45) is 11.8 Å². The van der Waals surface area contributed by atoms with Crippen LogP contribution in [0.5, 0.6) is 0 Å². The number of Topliss-reactive ketones (excluding diaryl/α,β-unsaturated/α-hetero) is 2. The van der Waals surface area contributed by atoms with Gasteiger partial charge >= 0.3 is 0 Å². The van der Waals surface area contributed by atoms with Gasteiger partial charge in [0.05, 0.1) is 36.6 Å². The van der Waals surface area contributed by atoms with Crippen LogP contribution in [0.2, 0.25) is 0 Å². The molecular weight excluding hydrogens is 1210 g/mol. The second-order valence-electron chi connectivity index (χ2n) is 30.7. The lowest BCUT2D eigenvalue weighted by Crippen LogP contribution is -2.42. The van der Waals surface area contributed by atoms with Gasteiger partial charge in [-0.25, -0.2) is 0 Å². The molecule has 2 fully saturated rings. The van der Waals surface area contributed by atoms with Crippen LogP contribution in [0.25, 0.3) is 0 Å². The Morgan fingerprint density at radius 3 is 0.814 bits per heavy atom. The summed E-state index contributed by atoms with van der Waals surface area (Å²) < 4.78 is 0. The van der Waals surface area contributed by atoms with Crippen LogP contribution in [0.15, 0.2) is 0 Å². The third-order valence-corrected chi connectivity index (χ3v) is 21.5. The molecule has 0 aliphatic heterocycles. The van der Waals surface area contributed by atoms with Gasteiger partial charge in [0.15, 0.2) is 0 Å². The number of hydrogen-bond acceptors (Lipinski definition) is 11. The monoisotopic (exact) mass is 1380 g/mol. The van der Waals surface area contributed by atoms with E-state index in [1.54, 1.807) is 0 Å². The molecule has 97 heavy (non-hydrogen) atoms. The Balaban J connectivity index is 0.00000188. The summed E-state index contributed by atoms with van der Waals surface area (Å²) in [5, 5.41) is 76.4. The quantitative estimate of drug-likeness (QED) is 0.0260. The average molecular weight is 1380 g/mol. The van der Waals surface area contributed by atoms with E-state index in [1.165, 1.54) is 141 Å². The van der Waals surface area contributed by atoms with E-state index < -0.39 is 24.4 Å². The van der Waals surface area contributed by atoms with Crippen molar-refractivity contribution in [3.05, 3.63) is 0 Å². The summed E-state index contributed by atoms with van der Waals surface area (Å²) in [6.45, 7) is 6.86. The van der Waals surface area contributed by atoms with Crippen molar-refractivity contribution in [2.45, 2.75) is 494 Å². The van der Waals surface area contributed by atoms with Gasteiger partial charge < -0.3 is 46.4 Å². The van der Waals surface area contributed by atoms with Gasteiger partial charge in [-0.05, 0) is 121 Å². The van der Waals surface area contributed by atoms with Gasteiger partial charge in [0.2, 0.25) is 11.8 Å². The van der Waals surface area contributed by atoms with Crippen LogP contribution < -0.4 is 10.6 Å². The van der Waals surface area contributed by atoms with E-state index in [9.17, 15) is 49.8 Å². The first-order valence-electron chi connectivity index (χ1n) is 42.1. The number of hydrogen-bond donors (Lipinski definition) is 9. The fourth-order valence-electron chi connectivity index (χ4n) is 14.9. The fraction of sp³-hybridized carbons (Fsp3) is 0.952. The van der Waals surface area contributed by atoms with Crippen LogP contribution in [0, 0.1) is 11.8 Å². The molecule has 0 spiro atoms. The molecule has 0 bridgehead atoms. The molecule has 0 aromatic carbocycles. The summed E-state index contributed by atoms with van der Waals surface area (Å²) in [7, 11) is 0. The Hall–Kier alpha value is -2.00. The topological polar surface area (TPSA) is 234 Å². The summed E-state index contributed by atoms with van der Waals surface area (Å²) in [6, 6.07) is 0.296.